The van der Waals surface area contributed by atoms with Crippen molar-refractivity contribution in [3.8, 4) is 5.75 Å². The Morgan fingerprint density at radius 1 is 1.52 bits per heavy atom. The van der Waals surface area contributed by atoms with Crippen LogP contribution in [0.5, 0.6) is 5.75 Å². The number of likely N-dealkylation sites (N-methyl/N-ethyl adjacent to an activating group) is 2. The van der Waals surface area contributed by atoms with Crippen molar-refractivity contribution in [2.45, 2.75) is 24.9 Å². The number of benzene rings is 1. The third-order valence-corrected chi connectivity index (χ3v) is 4.45. The number of halogens is 1. The van der Waals surface area contributed by atoms with E-state index in [4.69, 9.17) is 10.5 Å². The van der Waals surface area contributed by atoms with E-state index in [0.29, 0.717) is 12.6 Å². The predicted molar refractivity (Wildman–Crippen MR) is 83.0 cm³/mol. The van der Waals surface area contributed by atoms with Gasteiger partial charge in [-0.05, 0) is 51.2 Å². The van der Waals surface area contributed by atoms with Gasteiger partial charge >= 0.3 is 0 Å². The van der Waals surface area contributed by atoms with Crippen LogP contribution >= 0.6 is 0 Å². The van der Waals surface area contributed by atoms with Crippen LogP contribution in [0.15, 0.2) is 18.2 Å². The van der Waals surface area contributed by atoms with Crippen molar-refractivity contribution in [2.75, 3.05) is 40.8 Å². The fourth-order valence-corrected chi connectivity index (χ4v) is 3.15. The van der Waals surface area contributed by atoms with Crippen LogP contribution in [0.4, 0.5) is 4.39 Å². The van der Waals surface area contributed by atoms with Gasteiger partial charge in [-0.1, -0.05) is 6.07 Å². The Balaban J connectivity index is 2.16. The normalized spacial score (nSPS) is 21.5. The van der Waals surface area contributed by atoms with Crippen molar-refractivity contribution in [1.29, 1.82) is 0 Å². The van der Waals surface area contributed by atoms with Gasteiger partial charge in [0.1, 0.15) is 0 Å². The van der Waals surface area contributed by atoms with E-state index in [9.17, 15) is 4.39 Å². The third kappa shape index (κ3) is 3.73. The molecule has 2 N–H and O–H groups in total. The van der Waals surface area contributed by atoms with E-state index in [-0.39, 0.29) is 17.6 Å². The maximum Gasteiger partial charge on any atom is 0.165 e. The van der Waals surface area contributed by atoms with Gasteiger partial charge in [0.25, 0.3) is 0 Å². The van der Waals surface area contributed by atoms with Crippen LogP contribution in [-0.4, -0.2) is 56.7 Å². The summed E-state index contributed by atoms with van der Waals surface area (Å²) in [7, 11) is 5.70. The van der Waals surface area contributed by atoms with Gasteiger partial charge in [-0.2, -0.15) is 0 Å². The first-order valence-corrected chi connectivity index (χ1v) is 7.50. The minimum atomic E-state index is -0.331. The lowest BCUT2D eigenvalue weighted by molar-refractivity contribution is 0.101. The molecular weight excluding hydrogens is 269 g/mol. The van der Waals surface area contributed by atoms with Gasteiger partial charge in [0.2, 0.25) is 0 Å². The van der Waals surface area contributed by atoms with Crippen LogP contribution in [0.1, 0.15) is 24.4 Å². The Kier molecular flexibility index (Phi) is 5.56. The SMILES string of the molecule is COc1ccc(C(CN)N(C)C2CCCN(C)C2)cc1F. The van der Waals surface area contributed by atoms with Crippen molar-refractivity contribution in [3.05, 3.63) is 29.6 Å². The Hall–Kier alpha value is -1.17. The van der Waals surface area contributed by atoms with Gasteiger partial charge in [0, 0.05) is 25.2 Å². The number of likely N-dealkylation sites (tertiary alicyclic amines) is 1. The average Bonchev–Trinajstić information content (AvgIpc) is 2.48. The second kappa shape index (κ2) is 7.20. The first-order valence-electron chi connectivity index (χ1n) is 7.50. The highest BCUT2D eigenvalue weighted by atomic mass is 19.1. The fraction of sp³-hybridized carbons (Fsp3) is 0.625. The Morgan fingerprint density at radius 2 is 2.29 bits per heavy atom. The molecule has 1 heterocycles. The van der Waals surface area contributed by atoms with Gasteiger partial charge in [-0.25, -0.2) is 4.39 Å². The van der Waals surface area contributed by atoms with Crippen molar-refractivity contribution in [2.24, 2.45) is 5.73 Å². The molecule has 2 unspecified atom stereocenters. The quantitative estimate of drug-likeness (QED) is 0.900. The molecule has 1 aliphatic heterocycles. The van der Waals surface area contributed by atoms with Crippen LogP contribution in [0.2, 0.25) is 0 Å². The molecule has 0 aliphatic carbocycles. The van der Waals surface area contributed by atoms with Gasteiger partial charge in [-0.15, -0.1) is 0 Å². The van der Waals surface area contributed by atoms with E-state index in [1.807, 2.05) is 6.07 Å². The number of nitrogens with two attached hydrogens (primary N) is 1. The molecule has 0 saturated carbocycles. The molecule has 4 nitrogen and oxygen atoms in total. The summed E-state index contributed by atoms with van der Waals surface area (Å²) in [5, 5.41) is 0. The molecule has 5 heteroatoms. The number of piperidine rings is 1. The summed E-state index contributed by atoms with van der Waals surface area (Å²) >= 11 is 0. The number of nitrogens with zero attached hydrogens (tertiary/aromatic N) is 2. The standard InChI is InChI=1S/C16H26FN3O/c1-19-8-4-5-13(11-19)20(2)15(10-18)12-6-7-16(21-3)14(17)9-12/h6-7,9,13,15H,4-5,8,10-11,18H2,1-3H3. The van der Waals surface area contributed by atoms with E-state index in [1.54, 1.807) is 12.1 Å². The molecule has 0 spiro atoms. The van der Waals surface area contributed by atoms with Crippen LogP contribution in [-0.2, 0) is 0 Å². The minimum Gasteiger partial charge on any atom is -0.494 e. The zero-order valence-electron chi connectivity index (χ0n) is 13.2. The van der Waals surface area contributed by atoms with Gasteiger partial charge < -0.3 is 15.4 Å². The van der Waals surface area contributed by atoms with Crippen molar-refractivity contribution in [1.82, 2.24) is 9.80 Å². The molecule has 1 aromatic rings. The van der Waals surface area contributed by atoms with Crippen molar-refractivity contribution >= 4 is 0 Å². The molecule has 0 bridgehead atoms. The van der Waals surface area contributed by atoms with Crippen LogP contribution < -0.4 is 10.5 Å². The Morgan fingerprint density at radius 3 is 2.86 bits per heavy atom. The average molecular weight is 295 g/mol. The van der Waals surface area contributed by atoms with E-state index in [1.165, 1.54) is 13.5 Å². The van der Waals surface area contributed by atoms with Crippen LogP contribution in [0, 0.1) is 5.82 Å². The fourth-order valence-electron chi connectivity index (χ4n) is 3.15. The highest BCUT2D eigenvalue weighted by molar-refractivity contribution is 5.31. The topological polar surface area (TPSA) is 41.7 Å². The molecule has 1 fully saturated rings. The number of hydrogen-bond donors (Lipinski definition) is 1. The number of methoxy groups -OCH3 is 1. The number of rotatable bonds is 5. The minimum absolute atomic E-state index is 0.0295. The molecule has 1 saturated heterocycles. The summed E-state index contributed by atoms with van der Waals surface area (Å²) in [6.45, 7) is 2.66. The maximum atomic E-state index is 13.9. The predicted octanol–water partition coefficient (Wildman–Crippen LogP) is 1.86. The zero-order valence-corrected chi connectivity index (χ0v) is 13.2. The highest BCUT2D eigenvalue weighted by Crippen LogP contribution is 2.27. The van der Waals surface area contributed by atoms with Gasteiger partial charge in [0.05, 0.1) is 7.11 Å². The van der Waals surface area contributed by atoms with Crippen molar-refractivity contribution in [3.63, 3.8) is 0 Å². The lowest BCUT2D eigenvalue weighted by atomic mass is 9.99. The highest BCUT2D eigenvalue weighted by Gasteiger charge is 2.27. The lowest BCUT2D eigenvalue weighted by Crippen LogP contribution is -2.47. The molecular formula is C16H26FN3O. The second-order valence-electron chi connectivity index (χ2n) is 5.87. The summed E-state index contributed by atoms with van der Waals surface area (Å²) < 4.78 is 18.9. The zero-order chi connectivity index (χ0) is 15.4. The molecule has 0 aromatic heterocycles. The number of ether oxygens (including phenoxy) is 1. The second-order valence-corrected chi connectivity index (χ2v) is 5.87. The Bertz CT molecular complexity index is 469. The first-order chi connectivity index (χ1) is 10.1. The molecule has 0 radical (unpaired) electrons. The Labute approximate surface area is 126 Å². The van der Waals surface area contributed by atoms with E-state index in [2.05, 4.69) is 23.9 Å². The lowest BCUT2D eigenvalue weighted by Gasteiger charge is -2.40. The largest absolute Gasteiger partial charge is 0.494 e. The van der Waals surface area contributed by atoms with Gasteiger partial charge in [-0.3, -0.25) is 4.90 Å². The maximum absolute atomic E-state index is 13.9. The molecule has 1 aromatic carbocycles. The summed E-state index contributed by atoms with van der Waals surface area (Å²) in [6, 6.07) is 5.61. The first kappa shape index (κ1) is 16.2. The molecule has 0 amide bonds. The molecule has 21 heavy (non-hydrogen) atoms. The van der Waals surface area contributed by atoms with E-state index >= 15 is 0 Å². The summed E-state index contributed by atoms with van der Waals surface area (Å²) in [5.74, 6) is -0.0582. The van der Waals surface area contributed by atoms with Gasteiger partial charge in [0.15, 0.2) is 11.6 Å². The molecule has 2 rings (SSSR count). The van der Waals surface area contributed by atoms with Crippen LogP contribution in [0.25, 0.3) is 0 Å². The summed E-state index contributed by atoms with van der Waals surface area (Å²) in [5.41, 5.74) is 6.87. The third-order valence-electron chi connectivity index (χ3n) is 4.45. The monoisotopic (exact) mass is 295 g/mol. The summed E-state index contributed by atoms with van der Waals surface area (Å²) in [4.78, 5) is 4.63. The smallest absolute Gasteiger partial charge is 0.165 e. The molecule has 118 valence electrons. The van der Waals surface area contributed by atoms with E-state index < -0.39 is 0 Å². The molecule has 2 atom stereocenters. The van der Waals surface area contributed by atoms with E-state index in [0.717, 1.165) is 25.1 Å². The van der Waals surface area contributed by atoms with Crippen LogP contribution in [0.3, 0.4) is 0 Å². The summed E-state index contributed by atoms with van der Waals surface area (Å²) in [6.07, 6.45) is 2.36. The molecule has 1 aliphatic rings. The number of hydrogen-bond acceptors (Lipinski definition) is 4. The van der Waals surface area contributed by atoms with Crippen molar-refractivity contribution < 1.29 is 9.13 Å².